The van der Waals surface area contributed by atoms with E-state index in [1.165, 1.54) is 24.0 Å². The van der Waals surface area contributed by atoms with Gasteiger partial charge in [-0.25, -0.2) is 9.78 Å². The molecule has 0 amide bonds. The molecule has 0 fully saturated rings. The van der Waals surface area contributed by atoms with Gasteiger partial charge in [-0.05, 0) is 24.3 Å². The van der Waals surface area contributed by atoms with Crippen LogP contribution in [0.15, 0.2) is 47.6 Å². The highest BCUT2D eigenvalue weighted by Crippen LogP contribution is 2.23. The van der Waals surface area contributed by atoms with Crippen molar-refractivity contribution < 1.29 is 14.6 Å². The second kappa shape index (κ2) is 7.17. The number of carboxylic acids is 1. The highest BCUT2D eigenvalue weighted by Gasteiger charge is 2.05. The Balaban J connectivity index is 1.83. The van der Waals surface area contributed by atoms with Crippen LogP contribution in [-0.2, 0) is 0 Å². The second-order valence-corrected chi connectivity index (χ2v) is 5.34. The van der Waals surface area contributed by atoms with E-state index in [-0.39, 0.29) is 5.56 Å². The number of hydrogen-bond acceptors (Lipinski definition) is 4. The van der Waals surface area contributed by atoms with Crippen molar-refractivity contribution in [2.75, 3.05) is 12.4 Å². The summed E-state index contributed by atoms with van der Waals surface area (Å²) in [5.41, 5.74) is 0.231. The highest BCUT2D eigenvalue weighted by atomic mass is 35.5. The van der Waals surface area contributed by atoms with Gasteiger partial charge in [-0.2, -0.15) is 0 Å². The van der Waals surface area contributed by atoms with Gasteiger partial charge < -0.3 is 9.84 Å². The number of nitrogens with zero attached hydrogens (tertiary/aromatic N) is 1. The number of aromatic nitrogens is 1. The maximum absolute atomic E-state index is 10.8. The Hall–Kier alpha value is -1.72. The number of para-hydroxylation sites is 1. The Morgan fingerprint density at radius 1 is 1.35 bits per heavy atom. The van der Waals surface area contributed by atoms with Gasteiger partial charge in [0.15, 0.2) is 0 Å². The molecule has 2 rings (SSSR count). The van der Waals surface area contributed by atoms with E-state index < -0.39 is 5.97 Å². The molecule has 0 aliphatic rings. The Labute approximate surface area is 125 Å². The largest absolute Gasteiger partial charge is 0.491 e. The molecule has 6 heteroatoms. The molecular formula is C14H12ClNO3S. The maximum atomic E-state index is 10.8. The van der Waals surface area contributed by atoms with Crippen molar-refractivity contribution in [3.63, 3.8) is 0 Å². The third-order valence-electron chi connectivity index (χ3n) is 2.41. The highest BCUT2D eigenvalue weighted by molar-refractivity contribution is 7.99. The molecule has 0 saturated heterocycles. The molecule has 0 aliphatic carbocycles. The van der Waals surface area contributed by atoms with Crippen molar-refractivity contribution in [3.05, 3.63) is 53.2 Å². The summed E-state index contributed by atoms with van der Waals surface area (Å²) in [6.45, 7) is 0.466. The number of hydrogen-bond donors (Lipinski definition) is 1. The molecule has 0 unspecified atom stereocenters. The molecule has 1 heterocycles. The molecule has 1 aromatic heterocycles. The van der Waals surface area contributed by atoms with Crippen molar-refractivity contribution in [1.29, 1.82) is 0 Å². The fourth-order valence-corrected chi connectivity index (χ4v) is 2.39. The molecular weight excluding hydrogens is 298 g/mol. The van der Waals surface area contributed by atoms with E-state index in [2.05, 4.69) is 4.98 Å². The van der Waals surface area contributed by atoms with Gasteiger partial charge in [-0.15, -0.1) is 11.8 Å². The molecule has 0 radical (unpaired) electrons. The molecule has 0 saturated carbocycles. The monoisotopic (exact) mass is 309 g/mol. The van der Waals surface area contributed by atoms with Crippen molar-refractivity contribution in [2.24, 2.45) is 0 Å². The lowest BCUT2D eigenvalue weighted by atomic mass is 10.3. The zero-order chi connectivity index (χ0) is 14.4. The SMILES string of the molecule is O=C(O)c1ccnc(SCCOc2ccccc2Cl)c1. The van der Waals surface area contributed by atoms with Crippen LogP contribution < -0.4 is 4.74 Å². The fraction of sp³-hybridized carbons (Fsp3) is 0.143. The van der Waals surface area contributed by atoms with E-state index >= 15 is 0 Å². The maximum Gasteiger partial charge on any atom is 0.335 e. The summed E-state index contributed by atoms with van der Waals surface area (Å²) < 4.78 is 5.54. The molecule has 0 spiro atoms. The number of aromatic carboxylic acids is 1. The molecule has 2 aromatic rings. The molecule has 0 bridgehead atoms. The Bertz CT molecular complexity index is 606. The Morgan fingerprint density at radius 2 is 2.15 bits per heavy atom. The van der Waals surface area contributed by atoms with Gasteiger partial charge in [0, 0.05) is 11.9 Å². The van der Waals surface area contributed by atoms with Gasteiger partial charge in [-0.1, -0.05) is 23.7 Å². The number of carbonyl (C=O) groups is 1. The van der Waals surface area contributed by atoms with Gasteiger partial charge >= 0.3 is 5.97 Å². The average Bonchev–Trinajstić information content (AvgIpc) is 2.45. The third-order valence-corrected chi connectivity index (χ3v) is 3.61. The molecule has 1 aromatic carbocycles. The lowest BCUT2D eigenvalue weighted by Gasteiger charge is -2.07. The summed E-state index contributed by atoms with van der Waals surface area (Å²) in [6, 6.07) is 10.3. The van der Waals surface area contributed by atoms with Crippen LogP contribution in [0.1, 0.15) is 10.4 Å². The minimum absolute atomic E-state index is 0.231. The molecule has 0 atom stereocenters. The van der Waals surface area contributed by atoms with Gasteiger partial charge in [0.1, 0.15) is 5.75 Å². The van der Waals surface area contributed by atoms with Crippen molar-refractivity contribution in [3.8, 4) is 5.75 Å². The first kappa shape index (κ1) is 14.7. The van der Waals surface area contributed by atoms with E-state index in [4.69, 9.17) is 21.4 Å². The number of rotatable bonds is 6. The number of thioether (sulfide) groups is 1. The van der Waals surface area contributed by atoms with Crippen molar-refractivity contribution in [2.45, 2.75) is 5.03 Å². The van der Waals surface area contributed by atoms with Crippen LogP contribution in [0.3, 0.4) is 0 Å². The zero-order valence-corrected chi connectivity index (χ0v) is 12.0. The molecule has 20 heavy (non-hydrogen) atoms. The van der Waals surface area contributed by atoms with Gasteiger partial charge in [-0.3, -0.25) is 0 Å². The van der Waals surface area contributed by atoms with Crippen LogP contribution in [0.25, 0.3) is 0 Å². The van der Waals surface area contributed by atoms with Crippen LogP contribution >= 0.6 is 23.4 Å². The summed E-state index contributed by atoms with van der Waals surface area (Å²) in [5, 5.41) is 10.1. The number of pyridine rings is 1. The first-order valence-electron chi connectivity index (χ1n) is 5.86. The minimum atomic E-state index is -0.957. The third kappa shape index (κ3) is 4.15. The summed E-state index contributed by atoms with van der Waals surface area (Å²) in [5.74, 6) is 0.338. The molecule has 0 aliphatic heterocycles. The van der Waals surface area contributed by atoms with Crippen LogP contribution in [0.4, 0.5) is 0 Å². The van der Waals surface area contributed by atoms with E-state index in [9.17, 15) is 4.79 Å². The van der Waals surface area contributed by atoms with Crippen molar-refractivity contribution in [1.82, 2.24) is 4.98 Å². The standard InChI is InChI=1S/C14H12ClNO3S/c15-11-3-1-2-4-12(11)19-7-8-20-13-9-10(14(17)18)5-6-16-13/h1-6,9H,7-8H2,(H,17,18). The molecule has 104 valence electrons. The van der Waals surface area contributed by atoms with Crippen LogP contribution in [0.5, 0.6) is 5.75 Å². The zero-order valence-electron chi connectivity index (χ0n) is 10.5. The normalized spacial score (nSPS) is 10.2. The van der Waals surface area contributed by atoms with Crippen LogP contribution in [-0.4, -0.2) is 28.4 Å². The number of benzene rings is 1. The minimum Gasteiger partial charge on any atom is -0.491 e. The summed E-state index contributed by atoms with van der Waals surface area (Å²) in [4.78, 5) is 14.9. The summed E-state index contributed by atoms with van der Waals surface area (Å²) in [7, 11) is 0. The lowest BCUT2D eigenvalue weighted by molar-refractivity contribution is 0.0696. The number of ether oxygens (including phenoxy) is 1. The average molecular weight is 310 g/mol. The van der Waals surface area contributed by atoms with Gasteiger partial charge in [0.2, 0.25) is 0 Å². The predicted molar refractivity (Wildman–Crippen MR) is 78.9 cm³/mol. The number of halogens is 1. The second-order valence-electron chi connectivity index (χ2n) is 3.82. The molecule has 1 N–H and O–H groups in total. The Morgan fingerprint density at radius 3 is 2.90 bits per heavy atom. The van der Waals surface area contributed by atoms with E-state index in [0.29, 0.717) is 28.2 Å². The van der Waals surface area contributed by atoms with Crippen LogP contribution in [0.2, 0.25) is 5.02 Å². The quantitative estimate of drug-likeness (QED) is 0.652. The van der Waals surface area contributed by atoms with E-state index in [1.54, 1.807) is 18.2 Å². The van der Waals surface area contributed by atoms with E-state index in [0.717, 1.165) is 0 Å². The van der Waals surface area contributed by atoms with Gasteiger partial charge in [0.25, 0.3) is 0 Å². The predicted octanol–water partition coefficient (Wildman–Crippen LogP) is 3.60. The number of carboxylic acid groups (broad SMARTS) is 1. The summed E-state index contributed by atoms with van der Waals surface area (Å²) in [6.07, 6.45) is 1.49. The smallest absolute Gasteiger partial charge is 0.335 e. The first-order chi connectivity index (χ1) is 9.66. The lowest BCUT2D eigenvalue weighted by Crippen LogP contribution is -2.01. The molecule has 4 nitrogen and oxygen atoms in total. The van der Waals surface area contributed by atoms with Crippen molar-refractivity contribution >= 4 is 29.3 Å². The van der Waals surface area contributed by atoms with Gasteiger partial charge in [0.05, 0.1) is 22.2 Å². The van der Waals surface area contributed by atoms with E-state index in [1.807, 2.05) is 12.1 Å². The topological polar surface area (TPSA) is 59.4 Å². The Kier molecular flexibility index (Phi) is 5.26. The summed E-state index contributed by atoms with van der Waals surface area (Å²) >= 11 is 7.40. The first-order valence-corrected chi connectivity index (χ1v) is 7.22. The fourth-order valence-electron chi connectivity index (χ4n) is 1.48. The van der Waals surface area contributed by atoms with Crippen LogP contribution in [0, 0.1) is 0 Å².